The first-order valence-corrected chi connectivity index (χ1v) is 5.83. The Morgan fingerprint density at radius 1 is 1.00 bits per heavy atom. The van der Waals surface area contributed by atoms with Crippen molar-refractivity contribution in [1.29, 1.82) is 5.39 Å². The van der Waals surface area contributed by atoms with E-state index in [4.69, 9.17) is 5.39 Å². The summed E-state index contributed by atoms with van der Waals surface area (Å²) in [4.78, 5) is 0. The molecule has 0 radical (unpaired) electrons. The maximum atomic E-state index is 12.6. The van der Waals surface area contributed by atoms with E-state index in [0.29, 0.717) is 6.07 Å². The van der Waals surface area contributed by atoms with Crippen molar-refractivity contribution in [2.24, 2.45) is 0 Å². The number of rotatable bonds is 1. The molecule has 18 heavy (non-hydrogen) atoms. The average Bonchev–Trinajstić information content (AvgIpc) is 2.04. The largest absolute Gasteiger partial charge is 0.308 e. The van der Waals surface area contributed by atoms with Crippen molar-refractivity contribution in [3.63, 3.8) is 0 Å². The van der Waals surface area contributed by atoms with Gasteiger partial charge in [-0.2, -0.15) is 0 Å². The minimum Gasteiger partial charge on any atom is -0.207 e. The molecule has 0 heterocycles. The predicted molar refractivity (Wildman–Crippen MR) is 48.6 cm³/mol. The van der Waals surface area contributed by atoms with E-state index in [-0.39, 0.29) is 5.69 Å². The molecule has 1 aromatic carbocycles. The van der Waals surface area contributed by atoms with Crippen LogP contribution in [-0.2, 0) is 0 Å². The summed E-state index contributed by atoms with van der Waals surface area (Å²) in [6.45, 7) is 0. The summed E-state index contributed by atoms with van der Waals surface area (Å²) in [6.07, 6.45) is 0. The Labute approximate surface area is 94.2 Å². The molecule has 1 rings (SSSR count). The first-order chi connectivity index (χ1) is 7.69. The zero-order valence-electron chi connectivity index (χ0n) is 8.10. The Morgan fingerprint density at radius 3 is 1.78 bits per heavy atom. The Hall–Kier alpha value is -1.69. The molecule has 0 aliphatic rings. The number of nitrogens with one attached hydrogen (secondary N) is 1. The number of halogens is 8. The summed E-state index contributed by atoms with van der Waals surface area (Å²) >= 11 is 0. The Bertz CT molecular complexity index is 463. The molecule has 0 saturated carbocycles. The minimum atomic E-state index is -10.7. The molecule has 0 saturated heterocycles. The van der Waals surface area contributed by atoms with Gasteiger partial charge in [-0.15, -0.1) is 0 Å². The molecule has 0 amide bonds. The van der Waals surface area contributed by atoms with Gasteiger partial charge in [0.05, 0.1) is 0 Å². The van der Waals surface area contributed by atoms with Crippen molar-refractivity contribution in [3.05, 3.63) is 34.9 Å². The quantitative estimate of drug-likeness (QED) is 0.321. The SMILES string of the molecule is F[P-](F)(F)(F)(F)F.N#[N+]Nc1ccc(F)cc1F. The van der Waals surface area contributed by atoms with E-state index in [1.165, 1.54) is 0 Å². The maximum Gasteiger partial charge on any atom is 0.308 e. The van der Waals surface area contributed by atoms with Crippen LogP contribution in [0.15, 0.2) is 18.2 Å². The smallest absolute Gasteiger partial charge is 0.207 e. The first kappa shape index (κ1) is 16.3. The fourth-order valence-electron chi connectivity index (χ4n) is 0.634. The molecular weight excluding hydrogens is 297 g/mol. The van der Waals surface area contributed by atoms with E-state index in [1.54, 1.807) is 0 Å². The number of nitrogens with zero attached hydrogens (tertiary/aromatic N) is 2. The van der Waals surface area contributed by atoms with Gasteiger partial charge < -0.3 is 0 Å². The molecule has 3 nitrogen and oxygen atoms in total. The van der Waals surface area contributed by atoms with Crippen LogP contribution in [0.2, 0.25) is 0 Å². The van der Waals surface area contributed by atoms with Crippen molar-refractivity contribution in [2.45, 2.75) is 0 Å². The second-order valence-corrected chi connectivity index (χ2v) is 4.71. The Morgan fingerprint density at radius 2 is 1.44 bits per heavy atom. The zero-order chi connectivity index (χ0) is 14.7. The summed E-state index contributed by atoms with van der Waals surface area (Å²) in [6, 6.07) is 2.87. The minimum absolute atomic E-state index is 0.0751. The maximum absolute atomic E-state index is 12.6. The van der Waals surface area contributed by atoms with Gasteiger partial charge in [0.25, 0.3) is 5.39 Å². The van der Waals surface area contributed by atoms with Crippen molar-refractivity contribution >= 4 is 13.5 Å². The molecule has 12 heteroatoms. The molecule has 0 bridgehead atoms. The van der Waals surface area contributed by atoms with Crippen LogP contribution in [-0.4, -0.2) is 0 Å². The van der Waals surface area contributed by atoms with Gasteiger partial charge in [-0.05, 0) is 17.6 Å². The molecular formula is C6H4F8N3P. The molecule has 0 aromatic heterocycles. The summed E-state index contributed by atoms with van der Waals surface area (Å²) < 4.78 is 84.0. The number of benzene rings is 1. The van der Waals surface area contributed by atoms with E-state index in [2.05, 4.69) is 5.08 Å². The molecule has 0 fully saturated rings. The molecule has 0 atom stereocenters. The summed E-state index contributed by atoms with van der Waals surface area (Å²) in [5.41, 5.74) is 1.87. The number of anilines is 1. The van der Waals surface area contributed by atoms with Gasteiger partial charge >= 0.3 is 38.1 Å². The third-order valence-electron chi connectivity index (χ3n) is 1.10. The van der Waals surface area contributed by atoms with Crippen LogP contribution in [0, 0.1) is 17.0 Å². The van der Waals surface area contributed by atoms with Gasteiger partial charge in [-0.25, -0.2) is 8.78 Å². The van der Waals surface area contributed by atoms with Gasteiger partial charge in [0.2, 0.25) is 0 Å². The second-order valence-electron chi connectivity index (χ2n) is 2.79. The van der Waals surface area contributed by atoms with E-state index < -0.39 is 19.4 Å². The molecule has 1 N–H and O–H groups in total. The van der Waals surface area contributed by atoms with Crippen molar-refractivity contribution < 1.29 is 34.0 Å². The van der Waals surface area contributed by atoms with E-state index in [9.17, 15) is 34.0 Å². The average molecular weight is 301 g/mol. The number of diazo groups is 1. The molecule has 104 valence electrons. The monoisotopic (exact) mass is 301 g/mol. The normalized spacial score (nSPS) is 14.4. The predicted octanol–water partition coefficient (Wildman–Crippen LogP) is 5.53. The van der Waals surface area contributed by atoms with Crippen LogP contribution in [0.4, 0.5) is 39.6 Å². The fraction of sp³-hybridized carbons (Fsp3) is 0. The van der Waals surface area contributed by atoms with Crippen LogP contribution >= 0.6 is 7.81 Å². The number of hydrogen-bond acceptors (Lipinski definition) is 2. The van der Waals surface area contributed by atoms with Gasteiger partial charge in [0.15, 0.2) is 11.5 Å². The summed E-state index contributed by atoms with van der Waals surface area (Å²) in [7, 11) is -10.7. The topological polar surface area (TPSA) is 40.2 Å². The van der Waals surface area contributed by atoms with Gasteiger partial charge in [0.1, 0.15) is 5.82 Å². The van der Waals surface area contributed by atoms with E-state index in [1.807, 2.05) is 5.43 Å². The summed E-state index contributed by atoms with van der Waals surface area (Å²) in [5.74, 6) is -1.48. The first-order valence-electron chi connectivity index (χ1n) is 3.80. The van der Waals surface area contributed by atoms with Gasteiger partial charge in [-0.3, -0.25) is 0 Å². The molecule has 0 unspecified atom stereocenters. The van der Waals surface area contributed by atoms with Gasteiger partial charge in [0, 0.05) is 6.07 Å². The fourth-order valence-corrected chi connectivity index (χ4v) is 0.634. The van der Waals surface area contributed by atoms with Crippen molar-refractivity contribution in [3.8, 4) is 0 Å². The molecule has 1 aromatic rings. The third kappa shape index (κ3) is 12.4. The molecule has 0 aliphatic carbocycles. The third-order valence-corrected chi connectivity index (χ3v) is 1.10. The van der Waals surface area contributed by atoms with Crippen molar-refractivity contribution in [2.75, 3.05) is 5.43 Å². The van der Waals surface area contributed by atoms with Crippen LogP contribution in [0.1, 0.15) is 0 Å². The molecule has 0 aliphatic heterocycles. The second kappa shape index (κ2) is 4.20. The van der Waals surface area contributed by atoms with Crippen LogP contribution in [0.5, 0.6) is 0 Å². The standard InChI is InChI=1S/C6H4F2N3.F6P/c7-4-1-2-6(10-11-9)5(8)3-4;1-7(2,3,4,5)6/h1-3,10H;/q+1;-1. The van der Waals surface area contributed by atoms with Crippen molar-refractivity contribution in [1.82, 2.24) is 0 Å². The van der Waals surface area contributed by atoms with Crippen LogP contribution in [0.25, 0.3) is 5.08 Å². The zero-order valence-corrected chi connectivity index (χ0v) is 8.99. The number of hydrogen-bond donors (Lipinski definition) is 1. The van der Waals surface area contributed by atoms with E-state index >= 15 is 0 Å². The molecule has 0 spiro atoms. The van der Waals surface area contributed by atoms with E-state index in [0.717, 1.165) is 12.1 Å². The van der Waals surface area contributed by atoms with Crippen LogP contribution in [0.3, 0.4) is 0 Å². The Balaban J connectivity index is 0.000000360. The van der Waals surface area contributed by atoms with Gasteiger partial charge in [-0.1, -0.05) is 0 Å². The van der Waals surface area contributed by atoms with Crippen LogP contribution < -0.4 is 5.43 Å². The summed E-state index contributed by atoms with van der Waals surface area (Å²) in [5, 5.41) is 10.5. The Kier molecular flexibility index (Phi) is 3.81.